The molecule has 170 valence electrons. The van der Waals surface area contributed by atoms with Gasteiger partial charge in [0.25, 0.3) is 11.8 Å². The fraction of sp³-hybridized carbons (Fsp3) is 0.438. The second kappa shape index (κ2) is 9.18. The van der Waals surface area contributed by atoms with Crippen molar-refractivity contribution in [2.75, 3.05) is 10.6 Å². The van der Waals surface area contributed by atoms with E-state index in [0.717, 1.165) is 6.07 Å². The van der Waals surface area contributed by atoms with Gasteiger partial charge in [0, 0.05) is 23.9 Å². The minimum Gasteiger partial charge on any atom is -0.440 e. The van der Waals surface area contributed by atoms with E-state index in [2.05, 4.69) is 30.3 Å². The lowest BCUT2D eigenvalue weighted by atomic mass is 10.3. The van der Waals surface area contributed by atoms with Crippen molar-refractivity contribution in [3.05, 3.63) is 34.4 Å². The van der Waals surface area contributed by atoms with Crippen molar-refractivity contribution in [1.29, 1.82) is 0 Å². The molecular weight excluding hydrogens is 438 g/mol. The van der Waals surface area contributed by atoms with Crippen LogP contribution in [-0.4, -0.2) is 44.4 Å². The standard InChI is InChI=1S/C16H16F6N6O3/c1-3-8(2)23-12-25-13(24-9-5-4-6-10(7-9)28(29)30)27-14(26-12)31-11(15(17,18)19)16(20,21)22/h4-8,11H,3H2,1-2H3,(H2,23,24,25,26,27)/t8-/m0/s1. The highest BCUT2D eigenvalue weighted by Crippen LogP contribution is 2.36. The third kappa shape index (κ3) is 6.82. The Labute approximate surface area is 171 Å². The highest BCUT2D eigenvalue weighted by atomic mass is 19.4. The van der Waals surface area contributed by atoms with Crippen molar-refractivity contribution in [3.63, 3.8) is 0 Å². The summed E-state index contributed by atoms with van der Waals surface area (Å²) in [5, 5.41) is 16.0. The van der Waals surface area contributed by atoms with E-state index >= 15 is 0 Å². The first kappa shape index (κ1) is 23.9. The summed E-state index contributed by atoms with van der Waals surface area (Å²) in [5.41, 5.74) is -0.258. The predicted molar refractivity (Wildman–Crippen MR) is 96.1 cm³/mol. The minimum atomic E-state index is -5.77. The summed E-state index contributed by atoms with van der Waals surface area (Å²) >= 11 is 0. The van der Waals surface area contributed by atoms with E-state index in [0.29, 0.717) is 6.42 Å². The van der Waals surface area contributed by atoms with E-state index in [9.17, 15) is 36.5 Å². The Morgan fingerprint density at radius 1 is 1.10 bits per heavy atom. The third-order valence-corrected chi connectivity index (χ3v) is 3.73. The number of halogens is 6. The number of nitrogens with one attached hydrogen (secondary N) is 2. The largest absolute Gasteiger partial charge is 0.440 e. The molecule has 2 rings (SSSR count). The van der Waals surface area contributed by atoms with E-state index < -0.39 is 35.3 Å². The maximum atomic E-state index is 12.8. The zero-order valence-electron chi connectivity index (χ0n) is 16.0. The number of nitro benzene ring substituents is 1. The fourth-order valence-corrected chi connectivity index (χ4v) is 2.10. The second-order valence-corrected chi connectivity index (χ2v) is 6.23. The molecule has 15 heteroatoms. The number of alkyl halides is 6. The maximum Gasteiger partial charge on any atom is 0.434 e. The van der Waals surface area contributed by atoms with Gasteiger partial charge in [0.1, 0.15) is 0 Å². The number of ether oxygens (including phenoxy) is 1. The number of rotatable bonds is 8. The van der Waals surface area contributed by atoms with Gasteiger partial charge < -0.3 is 15.4 Å². The lowest BCUT2D eigenvalue weighted by Gasteiger charge is -2.23. The minimum absolute atomic E-state index is 0.0593. The van der Waals surface area contributed by atoms with Gasteiger partial charge in [-0.3, -0.25) is 10.1 Å². The van der Waals surface area contributed by atoms with Crippen molar-refractivity contribution in [3.8, 4) is 6.01 Å². The van der Waals surface area contributed by atoms with Gasteiger partial charge in [0.15, 0.2) is 0 Å². The predicted octanol–water partition coefficient (Wildman–Crippen LogP) is 4.61. The summed E-state index contributed by atoms with van der Waals surface area (Å²) in [4.78, 5) is 21.0. The molecule has 2 N–H and O–H groups in total. The van der Waals surface area contributed by atoms with Crippen LogP contribution in [0, 0.1) is 10.1 Å². The van der Waals surface area contributed by atoms with Gasteiger partial charge in [-0.25, -0.2) is 0 Å². The molecule has 0 aliphatic carbocycles. The molecule has 1 heterocycles. The summed E-state index contributed by atoms with van der Waals surface area (Å²) in [6.07, 6.45) is -15.2. The number of benzene rings is 1. The molecule has 1 aromatic heterocycles. The summed E-state index contributed by atoms with van der Waals surface area (Å²) in [7, 11) is 0. The molecule has 1 atom stereocenters. The number of aromatic nitrogens is 3. The summed E-state index contributed by atoms with van der Waals surface area (Å²) in [5.74, 6) is -0.838. The smallest absolute Gasteiger partial charge is 0.434 e. The Balaban J connectivity index is 2.43. The van der Waals surface area contributed by atoms with Crippen molar-refractivity contribution in [2.24, 2.45) is 0 Å². The van der Waals surface area contributed by atoms with E-state index in [1.807, 2.05) is 0 Å². The molecule has 0 unspecified atom stereocenters. The highest BCUT2D eigenvalue weighted by Gasteiger charge is 2.59. The number of nitro groups is 1. The molecule has 0 amide bonds. The third-order valence-electron chi connectivity index (χ3n) is 3.73. The van der Waals surface area contributed by atoms with E-state index in [4.69, 9.17) is 0 Å². The first-order valence-electron chi connectivity index (χ1n) is 8.63. The summed E-state index contributed by atoms with van der Waals surface area (Å²) in [6, 6.07) is 3.38. The molecular formula is C16H16F6N6O3. The Morgan fingerprint density at radius 2 is 1.71 bits per heavy atom. The summed E-state index contributed by atoms with van der Waals surface area (Å²) in [6.45, 7) is 3.44. The molecule has 0 saturated heterocycles. The zero-order valence-corrected chi connectivity index (χ0v) is 16.0. The van der Waals surface area contributed by atoms with E-state index in [1.165, 1.54) is 18.2 Å². The van der Waals surface area contributed by atoms with Crippen molar-refractivity contribution in [1.82, 2.24) is 15.0 Å². The Kier molecular flexibility index (Phi) is 7.07. The normalized spacial score (nSPS) is 13.1. The maximum absolute atomic E-state index is 12.8. The molecule has 0 aliphatic heterocycles. The topological polar surface area (TPSA) is 115 Å². The average molecular weight is 454 g/mol. The van der Waals surface area contributed by atoms with Gasteiger partial charge >= 0.3 is 18.4 Å². The quantitative estimate of drug-likeness (QED) is 0.338. The molecule has 31 heavy (non-hydrogen) atoms. The van der Waals surface area contributed by atoms with Gasteiger partial charge in [-0.2, -0.15) is 41.3 Å². The lowest BCUT2D eigenvalue weighted by Crippen LogP contribution is -2.47. The zero-order chi connectivity index (χ0) is 23.4. The number of hydrogen-bond donors (Lipinski definition) is 2. The van der Waals surface area contributed by atoms with Crippen LogP contribution in [0.3, 0.4) is 0 Å². The molecule has 2 aromatic rings. The average Bonchev–Trinajstić information content (AvgIpc) is 2.64. The number of anilines is 3. The first-order chi connectivity index (χ1) is 14.3. The van der Waals surface area contributed by atoms with Gasteiger partial charge in [0.05, 0.1) is 4.92 Å². The molecule has 0 bridgehead atoms. The van der Waals surface area contributed by atoms with Gasteiger partial charge in [0.2, 0.25) is 11.9 Å². The van der Waals surface area contributed by atoms with Crippen LogP contribution < -0.4 is 15.4 Å². The van der Waals surface area contributed by atoms with Crippen LogP contribution >= 0.6 is 0 Å². The molecule has 0 aliphatic rings. The summed E-state index contributed by atoms with van der Waals surface area (Å²) < 4.78 is 81.0. The molecule has 0 fully saturated rings. The molecule has 0 saturated carbocycles. The number of non-ortho nitro benzene ring substituents is 1. The SMILES string of the molecule is CC[C@H](C)Nc1nc(Nc2cccc([N+](=O)[O-])c2)nc(OC(C(F)(F)F)C(F)(F)F)n1. The van der Waals surface area contributed by atoms with Crippen molar-refractivity contribution in [2.45, 2.75) is 44.8 Å². The number of nitrogens with zero attached hydrogens (tertiary/aromatic N) is 4. The van der Waals surface area contributed by atoms with Crippen LogP contribution in [0.1, 0.15) is 20.3 Å². The van der Waals surface area contributed by atoms with Crippen LogP contribution in [0.2, 0.25) is 0 Å². The second-order valence-electron chi connectivity index (χ2n) is 6.23. The molecule has 0 radical (unpaired) electrons. The van der Waals surface area contributed by atoms with Crippen LogP contribution in [0.5, 0.6) is 6.01 Å². The van der Waals surface area contributed by atoms with Crippen LogP contribution in [0.4, 0.5) is 49.6 Å². The lowest BCUT2D eigenvalue weighted by molar-refractivity contribution is -0.384. The molecule has 1 aromatic carbocycles. The van der Waals surface area contributed by atoms with E-state index in [1.54, 1.807) is 13.8 Å². The van der Waals surface area contributed by atoms with Gasteiger partial charge in [-0.1, -0.05) is 13.0 Å². The highest BCUT2D eigenvalue weighted by molar-refractivity contribution is 5.58. The molecule has 0 spiro atoms. The Morgan fingerprint density at radius 3 is 2.26 bits per heavy atom. The van der Waals surface area contributed by atoms with Gasteiger partial charge in [-0.15, -0.1) is 0 Å². The Bertz CT molecular complexity index is 909. The molecule has 9 nitrogen and oxygen atoms in total. The van der Waals surface area contributed by atoms with Crippen molar-refractivity contribution < 1.29 is 36.0 Å². The number of hydrogen-bond acceptors (Lipinski definition) is 8. The van der Waals surface area contributed by atoms with Crippen LogP contribution in [0.15, 0.2) is 24.3 Å². The van der Waals surface area contributed by atoms with Gasteiger partial charge in [-0.05, 0) is 19.4 Å². The van der Waals surface area contributed by atoms with E-state index in [-0.39, 0.29) is 23.4 Å². The van der Waals surface area contributed by atoms with Crippen LogP contribution in [0.25, 0.3) is 0 Å². The monoisotopic (exact) mass is 454 g/mol. The first-order valence-corrected chi connectivity index (χ1v) is 8.63. The Hall–Kier alpha value is -3.39. The fourth-order valence-electron chi connectivity index (χ4n) is 2.10. The van der Waals surface area contributed by atoms with Crippen LogP contribution in [-0.2, 0) is 0 Å². The van der Waals surface area contributed by atoms with Crippen molar-refractivity contribution >= 4 is 23.3 Å².